The molecule has 1 aliphatic carbocycles. The van der Waals surface area contributed by atoms with Crippen molar-refractivity contribution < 1.29 is 9.53 Å². The molecule has 0 aliphatic heterocycles. The number of rotatable bonds is 4. The number of urea groups is 1. The Kier molecular flexibility index (Phi) is 4.51. The zero-order chi connectivity index (χ0) is 16.2. The molecule has 2 amide bonds. The molecule has 2 N–H and O–H groups in total. The number of ether oxygens (including phenoxy) is 1. The highest BCUT2D eigenvalue weighted by atomic mass is 16.5. The first-order valence-electron chi connectivity index (χ1n) is 7.99. The van der Waals surface area contributed by atoms with Crippen molar-refractivity contribution in [1.29, 1.82) is 0 Å². The predicted octanol–water partition coefficient (Wildman–Crippen LogP) is 4.07. The average Bonchev–Trinajstić information content (AvgIpc) is 3.02. The Hall–Kier alpha value is -2.49. The van der Waals surface area contributed by atoms with Gasteiger partial charge in [0.25, 0.3) is 0 Å². The van der Waals surface area contributed by atoms with E-state index in [0.29, 0.717) is 0 Å². The zero-order valence-corrected chi connectivity index (χ0v) is 13.6. The van der Waals surface area contributed by atoms with Gasteiger partial charge in [0.2, 0.25) is 0 Å². The minimum atomic E-state index is -0.189. The molecule has 4 heteroatoms. The molecule has 0 saturated carbocycles. The van der Waals surface area contributed by atoms with Crippen molar-refractivity contribution in [3.05, 3.63) is 59.2 Å². The summed E-state index contributed by atoms with van der Waals surface area (Å²) in [7, 11) is 1.64. The molecule has 4 nitrogen and oxygen atoms in total. The number of fused-ring (bicyclic) bond motifs is 1. The molecule has 2 aromatic rings. The van der Waals surface area contributed by atoms with E-state index in [1.165, 1.54) is 17.5 Å². The third kappa shape index (κ3) is 3.65. The van der Waals surface area contributed by atoms with Gasteiger partial charge in [-0.2, -0.15) is 0 Å². The van der Waals surface area contributed by atoms with Gasteiger partial charge in [-0.05, 0) is 67.1 Å². The summed E-state index contributed by atoms with van der Waals surface area (Å²) in [5, 5.41) is 5.88. The number of aryl methyl sites for hydroxylation is 2. The molecule has 120 valence electrons. The van der Waals surface area contributed by atoms with Crippen molar-refractivity contribution in [2.75, 3.05) is 12.4 Å². The van der Waals surface area contributed by atoms with Crippen molar-refractivity contribution >= 4 is 11.7 Å². The first kappa shape index (κ1) is 15.4. The Balaban J connectivity index is 1.60. The maximum absolute atomic E-state index is 12.2. The van der Waals surface area contributed by atoms with Crippen LogP contribution in [0.15, 0.2) is 42.5 Å². The number of anilines is 1. The van der Waals surface area contributed by atoms with E-state index in [9.17, 15) is 4.79 Å². The van der Waals surface area contributed by atoms with Crippen molar-refractivity contribution in [2.45, 2.75) is 32.2 Å². The number of carbonyl (C=O) groups excluding carboxylic acids is 1. The van der Waals surface area contributed by atoms with E-state index in [0.717, 1.165) is 29.8 Å². The van der Waals surface area contributed by atoms with Gasteiger partial charge in [-0.25, -0.2) is 4.79 Å². The lowest BCUT2D eigenvalue weighted by Gasteiger charge is -2.16. The van der Waals surface area contributed by atoms with Gasteiger partial charge in [0.05, 0.1) is 13.2 Å². The first-order valence-corrected chi connectivity index (χ1v) is 7.99. The molecule has 0 spiro atoms. The van der Waals surface area contributed by atoms with Gasteiger partial charge in [-0.15, -0.1) is 0 Å². The second-order valence-corrected chi connectivity index (χ2v) is 5.93. The van der Waals surface area contributed by atoms with Crippen LogP contribution in [-0.4, -0.2) is 13.1 Å². The van der Waals surface area contributed by atoms with Gasteiger partial charge < -0.3 is 15.4 Å². The molecular weight excluding hydrogens is 288 g/mol. The summed E-state index contributed by atoms with van der Waals surface area (Å²) in [5.41, 5.74) is 4.65. The molecule has 0 bridgehead atoms. The van der Waals surface area contributed by atoms with Crippen LogP contribution in [0.5, 0.6) is 5.75 Å². The lowest BCUT2D eigenvalue weighted by Crippen LogP contribution is -2.31. The fourth-order valence-corrected chi connectivity index (χ4v) is 2.99. The van der Waals surface area contributed by atoms with Crippen molar-refractivity contribution in [3.8, 4) is 5.75 Å². The Bertz CT molecular complexity index is 695. The minimum absolute atomic E-state index is 0.0738. The monoisotopic (exact) mass is 310 g/mol. The smallest absolute Gasteiger partial charge is 0.319 e. The summed E-state index contributed by atoms with van der Waals surface area (Å²) in [4.78, 5) is 12.2. The first-order chi connectivity index (χ1) is 11.2. The maximum Gasteiger partial charge on any atom is 0.319 e. The number of hydrogen-bond donors (Lipinski definition) is 2. The maximum atomic E-state index is 12.2. The summed E-state index contributed by atoms with van der Waals surface area (Å²) in [6, 6.07) is 13.6. The topological polar surface area (TPSA) is 50.4 Å². The molecule has 1 aliphatic rings. The van der Waals surface area contributed by atoms with E-state index in [1.807, 2.05) is 37.3 Å². The highest BCUT2D eigenvalue weighted by Gasteiger charge is 2.13. The summed E-state index contributed by atoms with van der Waals surface area (Å²) < 4.78 is 5.15. The summed E-state index contributed by atoms with van der Waals surface area (Å²) in [6.45, 7) is 1.96. The molecule has 0 fully saturated rings. The average molecular weight is 310 g/mol. The summed E-state index contributed by atoms with van der Waals surface area (Å²) in [5.74, 6) is 0.809. The van der Waals surface area contributed by atoms with Crippen LogP contribution in [0.25, 0.3) is 0 Å². The van der Waals surface area contributed by atoms with E-state index in [1.54, 1.807) is 7.11 Å². The predicted molar refractivity (Wildman–Crippen MR) is 92.0 cm³/mol. The quantitative estimate of drug-likeness (QED) is 0.894. The molecular formula is C19H22N2O2. The molecule has 1 atom stereocenters. The van der Waals surface area contributed by atoms with Crippen molar-refractivity contribution in [1.82, 2.24) is 5.32 Å². The van der Waals surface area contributed by atoms with Crippen LogP contribution >= 0.6 is 0 Å². The van der Waals surface area contributed by atoms with Crippen LogP contribution in [0, 0.1) is 0 Å². The van der Waals surface area contributed by atoms with Crippen molar-refractivity contribution in [3.63, 3.8) is 0 Å². The van der Waals surface area contributed by atoms with E-state index in [-0.39, 0.29) is 12.1 Å². The highest BCUT2D eigenvalue weighted by Crippen LogP contribution is 2.25. The number of nitrogens with one attached hydrogen (secondary N) is 2. The summed E-state index contributed by atoms with van der Waals surface area (Å²) >= 11 is 0. The van der Waals surface area contributed by atoms with Crippen molar-refractivity contribution in [2.24, 2.45) is 0 Å². The largest absolute Gasteiger partial charge is 0.497 e. The van der Waals surface area contributed by atoms with Gasteiger partial charge in [0.15, 0.2) is 0 Å². The molecule has 3 rings (SSSR count). The number of hydrogen-bond acceptors (Lipinski definition) is 2. The molecule has 2 aromatic carbocycles. The lowest BCUT2D eigenvalue weighted by atomic mass is 10.1. The lowest BCUT2D eigenvalue weighted by molar-refractivity contribution is 0.249. The van der Waals surface area contributed by atoms with E-state index < -0.39 is 0 Å². The van der Waals surface area contributed by atoms with E-state index in [4.69, 9.17) is 4.74 Å². The second-order valence-electron chi connectivity index (χ2n) is 5.93. The Morgan fingerprint density at radius 3 is 2.57 bits per heavy atom. The van der Waals surface area contributed by atoms with Crippen LogP contribution in [0.4, 0.5) is 10.5 Å². The van der Waals surface area contributed by atoms with E-state index >= 15 is 0 Å². The standard InChI is InChI=1S/C19H22N2O2/c1-13(14-7-10-18(23-2)11-8-14)20-19(22)21-17-9-6-15-4-3-5-16(15)12-17/h6-13H,3-5H2,1-2H3,(H2,20,21,22)/t13-/m1/s1. The van der Waals surface area contributed by atoms with Gasteiger partial charge in [0, 0.05) is 5.69 Å². The third-order valence-corrected chi connectivity index (χ3v) is 4.32. The fourth-order valence-electron chi connectivity index (χ4n) is 2.99. The number of carbonyl (C=O) groups is 1. The van der Waals surface area contributed by atoms with Crippen LogP contribution in [0.2, 0.25) is 0 Å². The molecule has 0 saturated heterocycles. The second kappa shape index (κ2) is 6.73. The number of benzene rings is 2. The van der Waals surface area contributed by atoms with Gasteiger partial charge >= 0.3 is 6.03 Å². The fraction of sp³-hybridized carbons (Fsp3) is 0.316. The molecule has 0 heterocycles. The molecule has 23 heavy (non-hydrogen) atoms. The van der Waals surface area contributed by atoms with Crippen LogP contribution in [0.1, 0.15) is 36.1 Å². The normalized spacial score (nSPS) is 14.0. The Labute approximate surface area is 136 Å². The number of methoxy groups -OCH3 is 1. The number of amides is 2. The van der Waals surface area contributed by atoms with Gasteiger partial charge in [-0.1, -0.05) is 18.2 Å². The molecule has 0 unspecified atom stereocenters. The van der Waals surface area contributed by atoms with Crippen LogP contribution in [0.3, 0.4) is 0 Å². The molecule has 0 aromatic heterocycles. The third-order valence-electron chi connectivity index (χ3n) is 4.32. The Morgan fingerprint density at radius 2 is 1.83 bits per heavy atom. The van der Waals surface area contributed by atoms with Gasteiger partial charge in [0.1, 0.15) is 5.75 Å². The minimum Gasteiger partial charge on any atom is -0.497 e. The Morgan fingerprint density at radius 1 is 1.09 bits per heavy atom. The van der Waals surface area contributed by atoms with Crippen LogP contribution in [-0.2, 0) is 12.8 Å². The molecule has 0 radical (unpaired) electrons. The summed E-state index contributed by atoms with van der Waals surface area (Å²) in [6.07, 6.45) is 3.46. The zero-order valence-electron chi connectivity index (χ0n) is 13.6. The van der Waals surface area contributed by atoms with Gasteiger partial charge in [-0.3, -0.25) is 0 Å². The van der Waals surface area contributed by atoms with Crippen LogP contribution < -0.4 is 15.4 Å². The SMILES string of the molecule is COc1ccc([C@@H](C)NC(=O)Nc2ccc3c(c2)CCC3)cc1. The van der Waals surface area contributed by atoms with E-state index in [2.05, 4.69) is 22.8 Å². The highest BCUT2D eigenvalue weighted by molar-refractivity contribution is 5.89.